The zero-order valence-corrected chi connectivity index (χ0v) is 8.19. The van der Waals surface area contributed by atoms with E-state index in [1.165, 1.54) is 6.20 Å². The van der Waals surface area contributed by atoms with E-state index in [-0.39, 0.29) is 0 Å². The molecule has 0 unspecified atom stereocenters. The number of nitriles is 1. The van der Waals surface area contributed by atoms with E-state index in [4.69, 9.17) is 15.7 Å². The molecular weight excluding hydrogens is 190 g/mol. The Hall–Kier alpha value is -2.28. The predicted molar refractivity (Wildman–Crippen MR) is 57.4 cm³/mol. The number of aromatic nitrogens is 1. The summed E-state index contributed by atoms with van der Waals surface area (Å²) < 4.78 is 5.18. The lowest BCUT2D eigenvalue weighted by Gasteiger charge is -2.07. The Bertz CT molecular complexity index is 557. The number of fused-ring (bicyclic) bond motifs is 1. The Morgan fingerprint density at radius 3 is 2.93 bits per heavy atom. The van der Waals surface area contributed by atoms with Crippen LogP contribution in [0, 0.1) is 11.3 Å². The molecule has 2 aromatic rings. The average Bonchev–Trinajstić information content (AvgIpc) is 2.28. The number of nitrogens with zero attached hydrogens (tertiary/aromatic N) is 2. The quantitative estimate of drug-likeness (QED) is 0.758. The van der Waals surface area contributed by atoms with Crippen LogP contribution < -0.4 is 10.5 Å². The van der Waals surface area contributed by atoms with Gasteiger partial charge in [-0.25, -0.2) is 0 Å². The summed E-state index contributed by atoms with van der Waals surface area (Å²) in [5.74, 6) is 0.567. The van der Waals surface area contributed by atoms with Gasteiger partial charge in [0, 0.05) is 5.39 Å². The molecule has 2 N–H and O–H groups in total. The van der Waals surface area contributed by atoms with E-state index in [1.54, 1.807) is 19.2 Å². The molecule has 0 amide bonds. The zero-order chi connectivity index (χ0) is 10.8. The molecular formula is C11H9N3O. The Kier molecular flexibility index (Phi) is 2.14. The van der Waals surface area contributed by atoms with Crippen molar-refractivity contribution in [2.75, 3.05) is 12.8 Å². The third-order valence-electron chi connectivity index (χ3n) is 2.20. The van der Waals surface area contributed by atoms with Gasteiger partial charge in [-0.2, -0.15) is 5.26 Å². The highest BCUT2D eigenvalue weighted by atomic mass is 16.5. The normalized spacial score (nSPS) is 9.87. The van der Waals surface area contributed by atoms with Gasteiger partial charge >= 0.3 is 0 Å². The first kappa shape index (κ1) is 9.28. The highest BCUT2D eigenvalue weighted by molar-refractivity contribution is 5.92. The molecule has 4 heteroatoms. The summed E-state index contributed by atoms with van der Waals surface area (Å²) in [7, 11) is 1.55. The molecule has 0 saturated carbocycles. The van der Waals surface area contributed by atoms with E-state index in [0.717, 1.165) is 5.39 Å². The monoisotopic (exact) mass is 199 g/mol. The van der Waals surface area contributed by atoms with Gasteiger partial charge < -0.3 is 10.5 Å². The van der Waals surface area contributed by atoms with Gasteiger partial charge in [-0.3, -0.25) is 4.98 Å². The topological polar surface area (TPSA) is 71.9 Å². The van der Waals surface area contributed by atoms with Crippen LogP contribution in [0.25, 0.3) is 10.9 Å². The number of anilines is 1. The van der Waals surface area contributed by atoms with E-state index >= 15 is 0 Å². The minimum absolute atomic E-state index is 0.472. The maximum atomic E-state index is 8.91. The summed E-state index contributed by atoms with van der Waals surface area (Å²) in [6.45, 7) is 0. The number of para-hydroxylation sites is 1. The van der Waals surface area contributed by atoms with Crippen molar-refractivity contribution in [2.45, 2.75) is 0 Å². The molecule has 0 bridgehead atoms. The SMILES string of the molecule is COc1c(N)cnc2c(C#N)cccc12. The maximum absolute atomic E-state index is 8.91. The first-order chi connectivity index (χ1) is 7.27. The summed E-state index contributed by atoms with van der Waals surface area (Å²) in [5.41, 5.74) is 7.33. The molecule has 1 aromatic carbocycles. The number of methoxy groups -OCH3 is 1. The summed E-state index contributed by atoms with van der Waals surface area (Å²) in [6, 6.07) is 7.41. The van der Waals surface area contributed by atoms with Gasteiger partial charge in [0.25, 0.3) is 0 Å². The van der Waals surface area contributed by atoms with Gasteiger partial charge in [0.15, 0.2) is 5.75 Å². The second kappa shape index (κ2) is 3.46. The van der Waals surface area contributed by atoms with Gasteiger partial charge in [-0.05, 0) is 12.1 Å². The molecule has 0 saturated heterocycles. The third kappa shape index (κ3) is 1.34. The van der Waals surface area contributed by atoms with E-state index < -0.39 is 0 Å². The predicted octanol–water partition coefficient (Wildman–Crippen LogP) is 1.70. The van der Waals surface area contributed by atoms with Gasteiger partial charge in [-0.15, -0.1) is 0 Å². The number of rotatable bonds is 1. The van der Waals surface area contributed by atoms with Crippen molar-refractivity contribution in [1.82, 2.24) is 4.98 Å². The van der Waals surface area contributed by atoms with Gasteiger partial charge in [0.05, 0.1) is 30.1 Å². The van der Waals surface area contributed by atoms with Crippen LogP contribution in [0.15, 0.2) is 24.4 Å². The molecule has 0 spiro atoms. The third-order valence-corrected chi connectivity index (χ3v) is 2.20. The fourth-order valence-corrected chi connectivity index (χ4v) is 1.53. The van der Waals surface area contributed by atoms with Gasteiger partial charge in [0.2, 0.25) is 0 Å². The Morgan fingerprint density at radius 2 is 2.27 bits per heavy atom. The van der Waals surface area contributed by atoms with Crippen molar-refractivity contribution < 1.29 is 4.74 Å². The first-order valence-corrected chi connectivity index (χ1v) is 4.39. The molecule has 0 fully saturated rings. The van der Waals surface area contributed by atoms with Crippen LogP contribution in [0.5, 0.6) is 5.75 Å². The fraction of sp³-hybridized carbons (Fsp3) is 0.0909. The van der Waals surface area contributed by atoms with Crippen LogP contribution in [-0.2, 0) is 0 Å². The molecule has 15 heavy (non-hydrogen) atoms. The second-order valence-corrected chi connectivity index (χ2v) is 3.06. The molecule has 0 atom stereocenters. The van der Waals surface area contributed by atoms with Crippen molar-refractivity contribution in [2.24, 2.45) is 0 Å². The molecule has 2 rings (SSSR count). The molecule has 4 nitrogen and oxygen atoms in total. The van der Waals surface area contributed by atoms with Crippen molar-refractivity contribution >= 4 is 16.6 Å². The lowest BCUT2D eigenvalue weighted by molar-refractivity contribution is 0.421. The zero-order valence-electron chi connectivity index (χ0n) is 8.19. The molecule has 0 aliphatic carbocycles. The minimum Gasteiger partial charge on any atom is -0.494 e. The van der Waals surface area contributed by atoms with Gasteiger partial charge in [-0.1, -0.05) is 6.07 Å². The lowest BCUT2D eigenvalue weighted by Crippen LogP contribution is -1.96. The Labute approximate surface area is 86.9 Å². The average molecular weight is 199 g/mol. The van der Waals surface area contributed by atoms with Crippen molar-refractivity contribution in [3.63, 3.8) is 0 Å². The smallest absolute Gasteiger partial charge is 0.152 e. The lowest BCUT2D eigenvalue weighted by atomic mass is 10.1. The Morgan fingerprint density at radius 1 is 1.47 bits per heavy atom. The highest BCUT2D eigenvalue weighted by Crippen LogP contribution is 2.30. The molecule has 1 aromatic heterocycles. The first-order valence-electron chi connectivity index (χ1n) is 4.39. The van der Waals surface area contributed by atoms with Crippen LogP contribution in [0.1, 0.15) is 5.56 Å². The molecule has 74 valence electrons. The summed E-state index contributed by atoms with van der Waals surface area (Å²) in [6.07, 6.45) is 1.50. The van der Waals surface area contributed by atoms with Gasteiger partial charge in [0.1, 0.15) is 6.07 Å². The number of benzene rings is 1. The summed E-state index contributed by atoms with van der Waals surface area (Å²) in [4.78, 5) is 4.13. The van der Waals surface area contributed by atoms with Crippen LogP contribution in [0.3, 0.4) is 0 Å². The van der Waals surface area contributed by atoms with Crippen LogP contribution >= 0.6 is 0 Å². The van der Waals surface area contributed by atoms with E-state index in [1.807, 2.05) is 6.07 Å². The standard InChI is InChI=1S/C11H9N3O/c1-15-11-8-4-2-3-7(5-12)10(8)14-6-9(11)13/h2-4,6H,13H2,1H3. The van der Waals surface area contributed by atoms with E-state index in [2.05, 4.69) is 11.1 Å². The highest BCUT2D eigenvalue weighted by Gasteiger charge is 2.09. The van der Waals surface area contributed by atoms with Crippen LogP contribution in [-0.4, -0.2) is 12.1 Å². The number of hydrogen-bond acceptors (Lipinski definition) is 4. The minimum atomic E-state index is 0.472. The number of ether oxygens (including phenoxy) is 1. The largest absolute Gasteiger partial charge is 0.494 e. The number of hydrogen-bond donors (Lipinski definition) is 1. The molecule has 1 heterocycles. The number of nitrogen functional groups attached to an aromatic ring is 1. The van der Waals surface area contributed by atoms with E-state index in [9.17, 15) is 0 Å². The van der Waals surface area contributed by atoms with Crippen molar-refractivity contribution in [3.05, 3.63) is 30.0 Å². The number of pyridine rings is 1. The van der Waals surface area contributed by atoms with E-state index in [0.29, 0.717) is 22.5 Å². The van der Waals surface area contributed by atoms with Crippen molar-refractivity contribution in [1.29, 1.82) is 5.26 Å². The van der Waals surface area contributed by atoms with Crippen LogP contribution in [0.4, 0.5) is 5.69 Å². The summed E-state index contributed by atoms with van der Waals surface area (Å²) in [5, 5.41) is 9.67. The van der Waals surface area contributed by atoms with Crippen LogP contribution in [0.2, 0.25) is 0 Å². The summed E-state index contributed by atoms with van der Waals surface area (Å²) >= 11 is 0. The fourth-order valence-electron chi connectivity index (χ4n) is 1.53. The van der Waals surface area contributed by atoms with Crippen molar-refractivity contribution in [3.8, 4) is 11.8 Å². The Balaban J connectivity index is 2.90. The molecule has 0 aliphatic rings. The second-order valence-electron chi connectivity index (χ2n) is 3.06. The number of nitrogens with two attached hydrogens (primary N) is 1. The molecule has 0 aliphatic heterocycles. The molecule has 0 radical (unpaired) electrons. The maximum Gasteiger partial charge on any atom is 0.152 e.